The molecular formula is C19H29ClN2O3S. The van der Waals surface area contributed by atoms with Crippen molar-refractivity contribution in [2.45, 2.75) is 68.1 Å². The fourth-order valence-corrected chi connectivity index (χ4v) is 6.45. The molecule has 0 aromatic heterocycles. The van der Waals surface area contributed by atoms with Gasteiger partial charge in [-0.3, -0.25) is 4.79 Å². The Bertz CT molecular complexity index is 752. The molecule has 1 amide bonds. The number of carbonyl (C=O) groups excluding carboxylic acids is 1. The van der Waals surface area contributed by atoms with Crippen LogP contribution < -0.4 is 10.6 Å². The molecule has 0 spiro atoms. The SMILES string of the molecule is Cc1ccc(C)c(S(=O)(=O)C2(C(=O)NC3CCCNC3)CCCC2)c1.Cl. The lowest BCUT2D eigenvalue weighted by Gasteiger charge is -2.32. The van der Waals surface area contributed by atoms with E-state index in [0.29, 0.717) is 29.8 Å². The van der Waals surface area contributed by atoms with E-state index in [-0.39, 0.29) is 24.4 Å². The van der Waals surface area contributed by atoms with Crippen LogP contribution in [0.3, 0.4) is 0 Å². The van der Waals surface area contributed by atoms with E-state index >= 15 is 0 Å². The first-order valence-corrected chi connectivity index (χ1v) is 10.7. The second kappa shape index (κ2) is 8.28. The number of rotatable bonds is 4. The van der Waals surface area contributed by atoms with Gasteiger partial charge in [0, 0.05) is 12.6 Å². The number of nitrogens with one attached hydrogen (secondary N) is 2. The second-order valence-electron chi connectivity index (χ2n) is 7.49. The molecule has 1 aliphatic carbocycles. The second-order valence-corrected chi connectivity index (χ2v) is 9.72. The average Bonchev–Trinajstić information content (AvgIpc) is 3.09. The summed E-state index contributed by atoms with van der Waals surface area (Å²) in [5.41, 5.74) is 1.61. The lowest BCUT2D eigenvalue weighted by Crippen LogP contribution is -2.56. The Hall–Kier alpha value is -1.11. The van der Waals surface area contributed by atoms with E-state index in [2.05, 4.69) is 10.6 Å². The Morgan fingerprint density at radius 2 is 1.88 bits per heavy atom. The molecular weight excluding hydrogens is 372 g/mol. The summed E-state index contributed by atoms with van der Waals surface area (Å²) in [5.74, 6) is -0.306. The first kappa shape index (κ1) is 21.2. The maximum absolute atomic E-state index is 13.5. The molecule has 2 N–H and O–H groups in total. The van der Waals surface area contributed by atoms with E-state index in [0.717, 1.165) is 37.8 Å². The normalized spacial score (nSPS) is 22.5. The van der Waals surface area contributed by atoms with Crippen molar-refractivity contribution in [2.75, 3.05) is 13.1 Å². The largest absolute Gasteiger partial charge is 0.351 e. The Labute approximate surface area is 162 Å². The number of carbonyl (C=O) groups is 1. The summed E-state index contributed by atoms with van der Waals surface area (Å²) in [6.07, 6.45) is 4.28. The summed E-state index contributed by atoms with van der Waals surface area (Å²) < 4.78 is 25.8. The van der Waals surface area contributed by atoms with Gasteiger partial charge in [-0.2, -0.15) is 0 Å². The van der Waals surface area contributed by atoms with Crippen LogP contribution in [0.5, 0.6) is 0 Å². The first-order chi connectivity index (χ1) is 11.9. The number of amides is 1. The van der Waals surface area contributed by atoms with Gasteiger partial charge in [-0.1, -0.05) is 25.0 Å². The zero-order valence-corrected chi connectivity index (χ0v) is 17.1. The van der Waals surface area contributed by atoms with Crippen molar-refractivity contribution in [3.05, 3.63) is 29.3 Å². The molecule has 2 fully saturated rings. The van der Waals surface area contributed by atoms with Crippen LogP contribution in [0.2, 0.25) is 0 Å². The molecule has 1 aromatic rings. The number of halogens is 1. The molecule has 1 aromatic carbocycles. The third-order valence-corrected chi connectivity index (χ3v) is 8.25. The number of aryl methyl sites for hydroxylation is 2. The highest BCUT2D eigenvalue weighted by Crippen LogP contribution is 2.42. The predicted octanol–water partition coefficient (Wildman–Crippen LogP) is 2.68. The van der Waals surface area contributed by atoms with Gasteiger partial charge in [0.25, 0.3) is 0 Å². The highest BCUT2D eigenvalue weighted by molar-refractivity contribution is 7.93. The summed E-state index contributed by atoms with van der Waals surface area (Å²) in [4.78, 5) is 13.4. The van der Waals surface area contributed by atoms with E-state index in [1.165, 1.54) is 0 Å². The van der Waals surface area contributed by atoms with Crippen LogP contribution in [0.15, 0.2) is 23.1 Å². The van der Waals surface area contributed by atoms with Crippen LogP contribution in [0, 0.1) is 13.8 Å². The van der Waals surface area contributed by atoms with Crippen molar-refractivity contribution in [3.63, 3.8) is 0 Å². The molecule has 7 heteroatoms. The highest BCUT2D eigenvalue weighted by atomic mass is 35.5. The molecule has 1 unspecified atom stereocenters. The molecule has 0 radical (unpaired) electrons. The lowest BCUT2D eigenvalue weighted by atomic mass is 10.0. The van der Waals surface area contributed by atoms with Crippen molar-refractivity contribution < 1.29 is 13.2 Å². The quantitative estimate of drug-likeness (QED) is 0.814. The Balaban J connectivity index is 0.00000243. The maximum Gasteiger partial charge on any atom is 0.242 e. The minimum Gasteiger partial charge on any atom is -0.351 e. The van der Waals surface area contributed by atoms with Gasteiger partial charge in [-0.15, -0.1) is 12.4 Å². The molecule has 1 atom stereocenters. The minimum absolute atomic E-state index is 0. The molecule has 2 aliphatic rings. The summed E-state index contributed by atoms with van der Waals surface area (Å²) in [5, 5.41) is 6.30. The van der Waals surface area contributed by atoms with E-state index in [9.17, 15) is 13.2 Å². The topological polar surface area (TPSA) is 75.3 Å². The summed E-state index contributed by atoms with van der Waals surface area (Å²) >= 11 is 0. The average molecular weight is 401 g/mol. The summed E-state index contributed by atoms with van der Waals surface area (Å²) in [6.45, 7) is 5.36. The van der Waals surface area contributed by atoms with Gasteiger partial charge in [-0.25, -0.2) is 8.42 Å². The molecule has 1 saturated heterocycles. The van der Waals surface area contributed by atoms with E-state index < -0.39 is 14.6 Å². The molecule has 1 saturated carbocycles. The van der Waals surface area contributed by atoms with Crippen LogP contribution in [0.1, 0.15) is 49.7 Å². The zero-order valence-electron chi connectivity index (χ0n) is 15.5. The van der Waals surface area contributed by atoms with Crippen LogP contribution >= 0.6 is 12.4 Å². The predicted molar refractivity (Wildman–Crippen MR) is 106 cm³/mol. The van der Waals surface area contributed by atoms with E-state index in [4.69, 9.17) is 0 Å². The van der Waals surface area contributed by atoms with Crippen molar-refractivity contribution in [1.29, 1.82) is 0 Å². The van der Waals surface area contributed by atoms with Crippen molar-refractivity contribution in [2.24, 2.45) is 0 Å². The molecule has 146 valence electrons. The van der Waals surface area contributed by atoms with Gasteiger partial charge in [0.1, 0.15) is 0 Å². The number of sulfone groups is 1. The molecule has 1 aliphatic heterocycles. The molecule has 0 bridgehead atoms. The van der Waals surface area contributed by atoms with Gasteiger partial charge in [0.05, 0.1) is 4.90 Å². The molecule has 3 rings (SSSR count). The van der Waals surface area contributed by atoms with Crippen molar-refractivity contribution in [1.82, 2.24) is 10.6 Å². The lowest BCUT2D eigenvalue weighted by molar-refractivity contribution is -0.124. The smallest absolute Gasteiger partial charge is 0.242 e. The number of hydrogen-bond donors (Lipinski definition) is 2. The monoisotopic (exact) mass is 400 g/mol. The van der Waals surface area contributed by atoms with Gasteiger partial charge >= 0.3 is 0 Å². The maximum atomic E-state index is 13.5. The number of benzene rings is 1. The van der Waals surface area contributed by atoms with Gasteiger partial charge in [0.15, 0.2) is 14.6 Å². The standard InChI is InChI=1S/C19H28N2O3S.ClH/c1-14-7-8-15(2)17(12-14)25(23,24)19(9-3-4-10-19)18(22)21-16-6-5-11-20-13-16;/h7-8,12,16,20H,3-6,9-11,13H2,1-2H3,(H,21,22);1H. The third-order valence-electron chi connectivity index (χ3n) is 5.60. The highest BCUT2D eigenvalue weighted by Gasteiger charge is 2.53. The van der Waals surface area contributed by atoms with E-state index in [1.54, 1.807) is 13.0 Å². The Morgan fingerprint density at radius 3 is 2.50 bits per heavy atom. The zero-order chi connectivity index (χ0) is 18.1. The van der Waals surface area contributed by atoms with Crippen LogP contribution in [-0.2, 0) is 14.6 Å². The van der Waals surface area contributed by atoms with Crippen molar-refractivity contribution >= 4 is 28.2 Å². The minimum atomic E-state index is -3.74. The summed E-state index contributed by atoms with van der Waals surface area (Å²) in [7, 11) is -3.74. The van der Waals surface area contributed by atoms with Crippen molar-refractivity contribution in [3.8, 4) is 0 Å². The van der Waals surface area contributed by atoms with Gasteiger partial charge in [-0.05, 0) is 63.3 Å². The molecule has 5 nitrogen and oxygen atoms in total. The van der Waals surface area contributed by atoms with Crippen LogP contribution in [0.25, 0.3) is 0 Å². The van der Waals surface area contributed by atoms with Gasteiger partial charge in [0.2, 0.25) is 5.91 Å². The Morgan fingerprint density at radius 1 is 1.19 bits per heavy atom. The number of hydrogen-bond acceptors (Lipinski definition) is 4. The van der Waals surface area contributed by atoms with E-state index in [1.807, 2.05) is 19.1 Å². The fourth-order valence-electron chi connectivity index (χ4n) is 4.06. The third kappa shape index (κ3) is 3.78. The Kier molecular flexibility index (Phi) is 6.75. The van der Waals surface area contributed by atoms with Crippen LogP contribution in [-0.4, -0.2) is 38.2 Å². The molecule has 26 heavy (non-hydrogen) atoms. The van der Waals surface area contributed by atoms with Crippen LogP contribution in [0.4, 0.5) is 0 Å². The molecule has 1 heterocycles. The summed E-state index contributed by atoms with van der Waals surface area (Å²) in [6, 6.07) is 5.46. The number of piperidine rings is 1. The fraction of sp³-hybridized carbons (Fsp3) is 0.632. The first-order valence-electron chi connectivity index (χ1n) is 9.20. The van der Waals surface area contributed by atoms with Gasteiger partial charge < -0.3 is 10.6 Å².